The number of nitrogens with zero attached hydrogens (tertiary/aromatic N) is 4. The molecule has 2 amide bonds. The van der Waals surface area contributed by atoms with Gasteiger partial charge < -0.3 is 19.1 Å². The van der Waals surface area contributed by atoms with Gasteiger partial charge in [-0.1, -0.05) is 12.1 Å². The molecule has 1 atom stereocenters. The van der Waals surface area contributed by atoms with Gasteiger partial charge in [0.25, 0.3) is 5.91 Å². The Balaban J connectivity index is 1.73. The molecular formula is C21H25F3N4O3. The van der Waals surface area contributed by atoms with Crippen LogP contribution < -0.4 is 4.74 Å². The highest BCUT2D eigenvalue weighted by Gasteiger charge is 2.37. The summed E-state index contributed by atoms with van der Waals surface area (Å²) < 4.78 is 44.7. The van der Waals surface area contributed by atoms with Crippen LogP contribution in [-0.4, -0.2) is 63.6 Å². The van der Waals surface area contributed by atoms with E-state index in [1.54, 1.807) is 24.3 Å². The molecule has 0 saturated carbocycles. The molecule has 1 aromatic heterocycles. The number of likely N-dealkylation sites (tertiary alicyclic amines) is 1. The first-order valence-electron chi connectivity index (χ1n) is 10.1. The third-order valence-electron chi connectivity index (χ3n) is 5.12. The Hall–Kier alpha value is -3.04. The molecule has 168 valence electrons. The van der Waals surface area contributed by atoms with Crippen molar-refractivity contribution >= 4 is 11.8 Å². The first kappa shape index (κ1) is 22.6. The Morgan fingerprint density at radius 1 is 1.29 bits per heavy atom. The normalized spacial score (nSPS) is 16.4. The maximum Gasteiger partial charge on any atom is 0.406 e. The van der Waals surface area contributed by atoms with Crippen LogP contribution in [0.4, 0.5) is 13.2 Å². The van der Waals surface area contributed by atoms with Crippen LogP contribution >= 0.6 is 0 Å². The van der Waals surface area contributed by atoms with E-state index in [4.69, 9.17) is 4.74 Å². The van der Waals surface area contributed by atoms with Crippen molar-refractivity contribution in [1.29, 1.82) is 0 Å². The molecule has 0 radical (unpaired) electrons. The molecule has 2 heterocycles. The lowest BCUT2D eigenvalue weighted by Crippen LogP contribution is -2.46. The van der Waals surface area contributed by atoms with Crippen molar-refractivity contribution in [2.45, 2.75) is 45.1 Å². The molecule has 3 rings (SSSR count). The minimum absolute atomic E-state index is 0.0873. The number of rotatable bonds is 7. The number of carbonyl (C=O) groups excluding carboxylic acids is 2. The Morgan fingerprint density at radius 3 is 2.74 bits per heavy atom. The Labute approximate surface area is 178 Å². The van der Waals surface area contributed by atoms with E-state index in [1.165, 1.54) is 29.2 Å². The fraction of sp³-hybridized carbons (Fsp3) is 0.476. The van der Waals surface area contributed by atoms with Crippen LogP contribution in [0.15, 0.2) is 36.7 Å². The molecule has 1 unspecified atom stereocenters. The highest BCUT2D eigenvalue weighted by molar-refractivity contribution is 6.00. The van der Waals surface area contributed by atoms with Crippen LogP contribution in [0.3, 0.4) is 0 Å². The number of alkyl halides is 3. The van der Waals surface area contributed by atoms with Gasteiger partial charge in [-0.2, -0.15) is 13.2 Å². The van der Waals surface area contributed by atoms with Gasteiger partial charge in [0.2, 0.25) is 5.91 Å². The van der Waals surface area contributed by atoms with Gasteiger partial charge in [0.05, 0.1) is 18.7 Å². The molecule has 31 heavy (non-hydrogen) atoms. The molecule has 1 aliphatic rings. The number of halogens is 3. The predicted octanol–water partition coefficient (Wildman–Crippen LogP) is 3.11. The largest absolute Gasteiger partial charge is 0.493 e. The number of imidazole rings is 1. The number of para-hydroxylation sites is 1. The highest BCUT2D eigenvalue weighted by atomic mass is 19.4. The summed E-state index contributed by atoms with van der Waals surface area (Å²) in [5.74, 6) is -0.0467. The molecule has 1 aromatic carbocycles. The van der Waals surface area contributed by atoms with Crippen molar-refractivity contribution in [2.75, 3.05) is 20.2 Å². The molecule has 0 aliphatic carbocycles. The summed E-state index contributed by atoms with van der Waals surface area (Å²) in [4.78, 5) is 33.0. The van der Waals surface area contributed by atoms with Crippen LogP contribution in [0.1, 0.15) is 35.9 Å². The number of likely N-dealkylation sites (N-methyl/N-ethyl adjacent to an activating group) is 1. The Kier molecular flexibility index (Phi) is 6.87. The summed E-state index contributed by atoms with van der Waals surface area (Å²) in [6, 6.07) is 6.18. The van der Waals surface area contributed by atoms with E-state index < -0.39 is 18.8 Å². The van der Waals surface area contributed by atoms with Crippen LogP contribution in [0.25, 0.3) is 0 Å². The molecule has 0 spiro atoms. The van der Waals surface area contributed by atoms with Gasteiger partial charge in [-0.3, -0.25) is 9.59 Å². The lowest BCUT2D eigenvalue weighted by molar-refractivity contribution is -0.141. The van der Waals surface area contributed by atoms with E-state index in [9.17, 15) is 22.8 Å². The number of benzene rings is 1. The fourth-order valence-electron chi connectivity index (χ4n) is 3.72. The van der Waals surface area contributed by atoms with Crippen LogP contribution in [-0.2, 0) is 17.9 Å². The predicted molar refractivity (Wildman–Crippen MR) is 106 cm³/mol. The van der Waals surface area contributed by atoms with Crippen molar-refractivity contribution in [3.05, 3.63) is 48.0 Å². The van der Waals surface area contributed by atoms with Gasteiger partial charge in [0.15, 0.2) is 0 Å². The smallest absolute Gasteiger partial charge is 0.406 e. The molecule has 1 aliphatic heterocycles. The van der Waals surface area contributed by atoms with Gasteiger partial charge >= 0.3 is 6.18 Å². The third kappa shape index (κ3) is 5.36. The van der Waals surface area contributed by atoms with Crippen LogP contribution in [0, 0.1) is 0 Å². The second-order valence-corrected chi connectivity index (χ2v) is 7.37. The number of ether oxygens (including phenoxy) is 1. The molecule has 0 N–H and O–H groups in total. The van der Waals surface area contributed by atoms with Crippen LogP contribution in [0.2, 0.25) is 0 Å². The van der Waals surface area contributed by atoms with Crippen molar-refractivity contribution in [3.8, 4) is 5.75 Å². The van der Waals surface area contributed by atoms with Gasteiger partial charge in [0.1, 0.15) is 24.2 Å². The molecular weight excluding hydrogens is 413 g/mol. The number of amides is 2. The third-order valence-corrected chi connectivity index (χ3v) is 5.12. The van der Waals surface area contributed by atoms with Crippen molar-refractivity contribution < 1.29 is 27.5 Å². The van der Waals surface area contributed by atoms with Crippen molar-refractivity contribution in [3.63, 3.8) is 0 Å². The molecule has 2 aromatic rings. The summed E-state index contributed by atoms with van der Waals surface area (Å²) in [5.41, 5.74) is 0.382. The van der Waals surface area contributed by atoms with E-state index in [0.717, 1.165) is 4.57 Å². The standard InChI is InChI=1S/C21H25F3N4O3/c1-3-31-17-9-5-4-7-15(17)19(29)28-11-6-8-16(28)20(30)26(2)13-18-25-10-12-27(18)14-21(22,23)24/h4-5,7,9-10,12,16H,3,6,8,11,13-14H2,1-2H3. The van der Waals surface area contributed by atoms with Gasteiger partial charge in [0, 0.05) is 26.0 Å². The zero-order valence-electron chi connectivity index (χ0n) is 17.4. The summed E-state index contributed by atoms with van der Waals surface area (Å²) in [5, 5.41) is 0. The van der Waals surface area contributed by atoms with E-state index >= 15 is 0 Å². The van der Waals surface area contributed by atoms with Crippen molar-refractivity contribution in [2.24, 2.45) is 0 Å². The fourth-order valence-corrected chi connectivity index (χ4v) is 3.72. The molecule has 1 fully saturated rings. The van der Waals surface area contributed by atoms with Gasteiger partial charge in [-0.05, 0) is 31.9 Å². The van der Waals surface area contributed by atoms with E-state index in [1.807, 2.05) is 6.92 Å². The number of carbonyl (C=O) groups is 2. The zero-order chi connectivity index (χ0) is 22.6. The molecule has 7 nitrogen and oxygen atoms in total. The lowest BCUT2D eigenvalue weighted by Gasteiger charge is -2.28. The molecule has 1 saturated heterocycles. The van der Waals surface area contributed by atoms with Gasteiger partial charge in [-0.25, -0.2) is 4.98 Å². The monoisotopic (exact) mass is 438 g/mol. The summed E-state index contributed by atoms with van der Waals surface area (Å²) in [6.45, 7) is 1.38. The average molecular weight is 438 g/mol. The number of hydrogen-bond acceptors (Lipinski definition) is 4. The SMILES string of the molecule is CCOc1ccccc1C(=O)N1CCCC1C(=O)N(C)Cc1nccn1CC(F)(F)F. The minimum Gasteiger partial charge on any atom is -0.493 e. The maximum absolute atomic E-state index is 13.1. The second kappa shape index (κ2) is 9.40. The van der Waals surface area contributed by atoms with Crippen LogP contribution in [0.5, 0.6) is 5.75 Å². The summed E-state index contributed by atoms with van der Waals surface area (Å²) in [6.07, 6.45) is -0.731. The maximum atomic E-state index is 13.1. The van der Waals surface area contributed by atoms with Gasteiger partial charge in [-0.15, -0.1) is 0 Å². The summed E-state index contributed by atoms with van der Waals surface area (Å²) >= 11 is 0. The first-order chi connectivity index (χ1) is 14.7. The Bertz CT molecular complexity index is 929. The quantitative estimate of drug-likeness (QED) is 0.666. The lowest BCUT2D eigenvalue weighted by atomic mass is 10.1. The average Bonchev–Trinajstić information content (AvgIpc) is 3.36. The molecule has 10 heteroatoms. The highest BCUT2D eigenvalue weighted by Crippen LogP contribution is 2.26. The van der Waals surface area contributed by atoms with E-state index in [2.05, 4.69) is 4.98 Å². The summed E-state index contributed by atoms with van der Waals surface area (Å²) in [7, 11) is 1.50. The number of hydrogen-bond donors (Lipinski definition) is 0. The Morgan fingerprint density at radius 2 is 2.03 bits per heavy atom. The number of aromatic nitrogens is 2. The first-order valence-corrected chi connectivity index (χ1v) is 10.1. The topological polar surface area (TPSA) is 67.7 Å². The zero-order valence-corrected chi connectivity index (χ0v) is 17.4. The van der Waals surface area contributed by atoms with E-state index in [0.29, 0.717) is 37.3 Å². The van der Waals surface area contributed by atoms with Crippen molar-refractivity contribution in [1.82, 2.24) is 19.4 Å². The van der Waals surface area contributed by atoms with E-state index in [-0.39, 0.29) is 24.2 Å². The minimum atomic E-state index is -4.39. The second-order valence-electron chi connectivity index (χ2n) is 7.37. The molecule has 0 bridgehead atoms.